The second kappa shape index (κ2) is 11.3. The summed E-state index contributed by atoms with van der Waals surface area (Å²) in [4.78, 5) is 27.7. The SMILES string of the molecule is COCCNc1ccc(NC(=O)c2ccc(=O)n(-c3c(F)cccc3F)n2)c(N2CC[C@H](C)C2)c1C=N. The molecule has 1 fully saturated rings. The van der Waals surface area contributed by atoms with Crippen LogP contribution < -0.4 is 21.1 Å². The lowest BCUT2D eigenvalue weighted by atomic mass is 10.1. The summed E-state index contributed by atoms with van der Waals surface area (Å²) >= 11 is 0. The van der Waals surface area contributed by atoms with Gasteiger partial charge in [0.25, 0.3) is 11.5 Å². The molecule has 2 aromatic carbocycles. The third kappa shape index (κ3) is 5.51. The second-order valence-corrected chi connectivity index (χ2v) is 8.82. The number of ether oxygens (including phenoxy) is 1. The summed E-state index contributed by atoms with van der Waals surface area (Å²) in [5, 5.41) is 18.1. The Balaban J connectivity index is 1.71. The fraction of sp³-hybridized carbons (Fsp3) is 0.308. The third-order valence-corrected chi connectivity index (χ3v) is 6.15. The van der Waals surface area contributed by atoms with Gasteiger partial charge in [0.2, 0.25) is 0 Å². The highest BCUT2D eigenvalue weighted by Crippen LogP contribution is 2.37. The monoisotopic (exact) mass is 510 g/mol. The predicted octanol–water partition coefficient (Wildman–Crippen LogP) is 3.67. The van der Waals surface area contributed by atoms with Crippen LogP contribution in [0.1, 0.15) is 29.4 Å². The third-order valence-electron chi connectivity index (χ3n) is 6.15. The number of amides is 1. The first-order valence-electron chi connectivity index (χ1n) is 11.9. The Labute approximate surface area is 212 Å². The van der Waals surface area contributed by atoms with Gasteiger partial charge in [-0.1, -0.05) is 13.0 Å². The number of carbonyl (C=O) groups is 1. The van der Waals surface area contributed by atoms with E-state index in [4.69, 9.17) is 10.1 Å². The zero-order valence-corrected chi connectivity index (χ0v) is 20.6. The second-order valence-electron chi connectivity index (χ2n) is 8.82. The van der Waals surface area contributed by atoms with E-state index in [-0.39, 0.29) is 5.69 Å². The highest BCUT2D eigenvalue weighted by atomic mass is 19.1. The van der Waals surface area contributed by atoms with Gasteiger partial charge in [0, 0.05) is 50.3 Å². The number of aromatic nitrogens is 2. The Hall–Kier alpha value is -4.12. The first-order valence-corrected chi connectivity index (χ1v) is 11.9. The number of carbonyl (C=O) groups excluding carboxylic acids is 1. The first-order chi connectivity index (χ1) is 17.8. The average molecular weight is 511 g/mol. The van der Waals surface area contributed by atoms with E-state index in [1.54, 1.807) is 19.2 Å². The van der Waals surface area contributed by atoms with Crippen molar-refractivity contribution in [3.05, 3.63) is 75.7 Å². The van der Waals surface area contributed by atoms with Crippen LogP contribution in [-0.2, 0) is 4.74 Å². The van der Waals surface area contributed by atoms with Gasteiger partial charge in [0.1, 0.15) is 11.4 Å². The van der Waals surface area contributed by atoms with Gasteiger partial charge in [0.15, 0.2) is 11.6 Å². The fourth-order valence-corrected chi connectivity index (χ4v) is 4.35. The molecule has 0 unspecified atom stereocenters. The maximum Gasteiger partial charge on any atom is 0.276 e. The van der Waals surface area contributed by atoms with E-state index in [2.05, 4.69) is 27.6 Å². The van der Waals surface area contributed by atoms with Crippen LogP contribution in [0, 0.1) is 23.0 Å². The molecule has 37 heavy (non-hydrogen) atoms. The Kier molecular flexibility index (Phi) is 7.92. The molecule has 0 aliphatic carbocycles. The van der Waals surface area contributed by atoms with Gasteiger partial charge in [-0.3, -0.25) is 9.59 Å². The van der Waals surface area contributed by atoms with E-state index in [1.165, 1.54) is 18.3 Å². The summed E-state index contributed by atoms with van der Waals surface area (Å²) in [5.41, 5.74) is 0.809. The van der Waals surface area contributed by atoms with Crippen LogP contribution in [0.4, 0.5) is 25.8 Å². The maximum atomic E-state index is 14.3. The van der Waals surface area contributed by atoms with Crippen LogP contribution in [0.5, 0.6) is 0 Å². The molecule has 9 nitrogen and oxygen atoms in total. The Morgan fingerprint density at radius 1 is 1.16 bits per heavy atom. The van der Waals surface area contributed by atoms with Gasteiger partial charge >= 0.3 is 0 Å². The van der Waals surface area contributed by atoms with E-state index in [0.29, 0.717) is 40.7 Å². The Bertz CT molecular complexity index is 1360. The number of nitrogens with one attached hydrogen (secondary N) is 3. The topological polar surface area (TPSA) is 112 Å². The molecule has 0 radical (unpaired) electrons. The van der Waals surface area contributed by atoms with Crippen LogP contribution in [0.3, 0.4) is 0 Å². The van der Waals surface area contributed by atoms with E-state index in [9.17, 15) is 18.4 Å². The number of para-hydroxylation sites is 1. The largest absolute Gasteiger partial charge is 0.383 e. The molecule has 0 saturated carbocycles. The standard InChI is InChI=1S/C26H28F2N6O3/c1-16-10-12-33(15-16)24-17(14-29)20(30-11-13-37-2)6-7-21(24)31-26(36)22-8-9-23(35)34(32-22)25-18(27)4-3-5-19(25)28/h3-9,14,16,29-30H,10-13,15H2,1-2H3,(H,31,36)/t16-/m0/s1. The average Bonchev–Trinajstić information content (AvgIpc) is 3.31. The highest BCUT2D eigenvalue weighted by molar-refractivity contribution is 6.08. The van der Waals surface area contributed by atoms with Crippen molar-refractivity contribution in [2.24, 2.45) is 5.92 Å². The Morgan fingerprint density at radius 3 is 2.54 bits per heavy atom. The number of benzene rings is 2. The molecule has 11 heteroatoms. The zero-order valence-electron chi connectivity index (χ0n) is 20.6. The molecule has 1 aliphatic rings. The number of nitrogens with zero attached hydrogens (tertiary/aromatic N) is 3. The molecule has 2 heterocycles. The van der Waals surface area contributed by atoms with E-state index in [0.717, 1.165) is 43.4 Å². The molecule has 194 valence electrons. The molecule has 4 rings (SSSR count). The highest BCUT2D eigenvalue weighted by Gasteiger charge is 2.26. The fourth-order valence-electron chi connectivity index (χ4n) is 4.35. The minimum absolute atomic E-state index is 0.207. The minimum Gasteiger partial charge on any atom is -0.383 e. The van der Waals surface area contributed by atoms with Gasteiger partial charge in [-0.15, -0.1) is 0 Å². The van der Waals surface area contributed by atoms with Crippen LogP contribution >= 0.6 is 0 Å². The number of anilines is 3. The minimum atomic E-state index is -0.982. The molecular weight excluding hydrogens is 482 g/mol. The van der Waals surface area contributed by atoms with Crippen molar-refractivity contribution in [1.82, 2.24) is 9.78 Å². The lowest BCUT2D eigenvalue weighted by Crippen LogP contribution is -2.27. The number of halogens is 2. The van der Waals surface area contributed by atoms with Gasteiger partial charge < -0.3 is 25.7 Å². The van der Waals surface area contributed by atoms with Crippen molar-refractivity contribution in [2.75, 3.05) is 48.9 Å². The summed E-state index contributed by atoms with van der Waals surface area (Å²) in [7, 11) is 1.60. The predicted molar refractivity (Wildman–Crippen MR) is 138 cm³/mol. The molecule has 3 N–H and O–H groups in total. The molecule has 0 bridgehead atoms. The summed E-state index contributed by atoms with van der Waals surface area (Å²) in [6.07, 6.45) is 2.20. The lowest BCUT2D eigenvalue weighted by molar-refractivity contribution is 0.102. The molecule has 1 aromatic heterocycles. The smallest absolute Gasteiger partial charge is 0.276 e. The van der Waals surface area contributed by atoms with Crippen molar-refractivity contribution >= 4 is 29.2 Å². The van der Waals surface area contributed by atoms with Crippen LogP contribution in [0.2, 0.25) is 0 Å². The van der Waals surface area contributed by atoms with Gasteiger partial charge in [-0.05, 0) is 42.7 Å². The Morgan fingerprint density at radius 2 is 1.89 bits per heavy atom. The molecule has 3 aromatic rings. The molecule has 0 spiro atoms. The summed E-state index contributed by atoms with van der Waals surface area (Å²) in [5.74, 6) is -2.20. The number of hydrogen-bond acceptors (Lipinski definition) is 7. The zero-order chi connectivity index (χ0) is 26.5. The van der Waals surface area contributed by atoms with E-state index in [1.807, 2.05) is 0 Å². The normalized spacial score (nSPS) is 15.0. The van der Waals surface area contributed by atoms with Crippen molar-refractivity contribution in [3.8, 4) is 5.69 Å². The van der Waals surface area contributed by atoms with Crippen LogP contribution in [0.25, 0.3) is 5.69 Å². The quantitative estimate of drug-likeness (QED) is 0.299. The van der Waals surface area contributed by atoms with Crippen molar-refractivity contribution in [2.45, 2.75) is 13.3 Å². The summed E-state index contributed by atoms with van der Waals surface area (Å²) in [6.45, 7) is 4.66. The molecule has 1 aliphatic heterocycles. The number of methoxy groups -OCH3 is 1. The van der Waals surface area contributed by atoms with Crippen molar-refractivity contribution in [1.29, 1.82) is 5.41 Å². The first kappa shape index (κ1) is 26.0. The number of hydrogen-bond donors (Lipinski definition) is 3. The molecule has 1 atom stereocenters. The molecule has 1 saturated heterocycles. The van der Waals surface area contributed by atoms with E-state index >= 15 is 0 Å². The van der Waals surface area contributed by atoms with Crippen LogP contribution in [0.15, 0.2) is 47.3 Å². The van der Waals surface area contributed by atoms with Gasteiger partial charge in [0.05, 0.1) is 18.0 Å². The maximum absolute atomic E-state index is 14.3. The van der Waals surface area contributed by atoms with Gasteiger partial charge in [-0.2, -0.15) is 9.78 Å². The van der Waals surface area contributed by atoms with Crippen molar-refractivity contribution < 1.29 is 18.3 Å². The molecular formula is C26H28F2N6O3. The number of rotatable bonds is 9. The van der Waals surface area contributed by atoms with Gasteiger partial charge in [-0.25, -0.2) is 8.78 Å². The molecule has 1 amide bonds. The summed E-state index contributed by atoms with van der Waals surface area (Å²) in [6, 6.07) is 8.90. The van der Waals surface area contributed by atoms with Crippen LogP contribution in [-0.4, -0.2) is 55.3 Å². The van der Waals surface area contributed by atoms with Crippen molar-refractivity contribution in [3.63, 3.8) is 0 Å². The van der Waals surface area contributed by atoms with E-state index < -0.39 is 28.8 Å². The summed E-state index contributed by atoms with van der Waals surface area (Å²) < 4.78 is 34.3. The lowest BCUT2D eigenvalue weighted by Gasteiger charge is -2.26.